The van der Waals surface area contributed by atoms with Crippen molar-refractivity contribution in [1.82, 2.24) is 4.98 Å². The monoisotopic (exact) mass is 425 g/mol. The van der Waals surface area contributed by atoms with E-state index in [1.54, 1.807) is 42.6 Å². The summed E-state index contributed by atoms with van der Waals surface area (Å²) in [6, 6.07) is 10.1. The largest absolute Gasteiger partial charge is 0.356 e. The fourth-order valence-electron chi connectivity index (χ4n) is 4.52. The summed E-state index contributed by atoms with van der Waals surface area (Å²) in [5, 5.41) is 2.59. The smallest absolute Gasteiger partial charge is 0.259 e. The minimum Gasteiger partial charge on any atom is -0.356 e. The Labute approximate surface area is 177 Å². The number of hydrogen-bond donors (Lipinski definition) is 1. The number of carbonyl (C=O) groups excluding carboxylic acids is 1. The van der Waals surface area contributed by atoms with Crippen LogP contribution in [-0.4, -0.2) is 37.6 Å². The topological polar surface area (TPSA) is 79.4 Å². The van der Waals surface area contributed by atoms with Crippen molar-refractivity contribution in [2.24, 2.45) is 5.41 Å². The number of piperidine rings is 1. The Morgan fingerprint density at radius 2 is 1.83 bits per heavy atom. The number of amides is 1. The van der Waals surface area contributed by atoms with Crippen molar-refractivity contribution in [3.8, 4) is 0 Å². The molecular formula is C23H27N3O3S. The van der Waals surface area contributed by atoms with Crippen LogP contribution in [0, 0.1) is 5.41 Å². The van der Waals surface area contributed by atoms with Gasteiger partial charge in [0.1, 0.15) is 5.82 Å². The van der Waals surface area contributed by atoms with Crippen molar-refractivity contribution in [2.45, 2.75) is 55.1 Å². The molecule has 3 aliphatic rings. The number of pyridine rings is 1. The van der Waals surface area contributed by atoms with Gasteiger partial charge in [-0.25, -0.2) is 13.4 Å². The average Bonchev–Trinajstić information content (AvgIpc) is 3.46. The Morgan fingerprint density at radius 1 is 1.07 bits per heavy atom. The molecule has 1 saturated heterocycles. The number of carbonyl (C=O) groups is 1. The second-order valence-electron chi connectivity index (χ2n) is 8.94. The zero-order chi connectivity index (χ0) is 20.8. The molecule has 2 aromatic rings. The van der Waals surface area contributed by atoms with E-state index in [1.165, 1.54) is 12.8 Å². The number of benzene rings is 1. The van der Waals surface area contributed by atoms with Crippen LogP contribution in [0.3, 0.4) is 0 Å². The molecule has 30 heavy (non-hydrogen) atoms. The lowest BCUT2D eigenvalue weighted by molar-refractivity contribution is 0.102. The summed E-state index contributed by atoms with van der Waals surface area (Å²) in [5.74, 6) is 0.451. The third kappa shape index (κ3) is 3.60. The summed E-state index contributed by atoms with van der Waals surface area (Å²) < 4.78 is 25.4. The van der Waals surface area contributed by atoms with Crippen LogP contribution >= 0.6 is 0 Å². The molecule has 2 aliphatic carbocycles. The van der Waals surface area contributed by atoms with E-state index in [-0.39, 0.29) is 16.1 Å². The summed E-state index contributed by atoms with van der Waals surface area (Å²) in [5.41, 5.74) is 1.57. The SMILES string of the molecule is O=C(Nc1cccc(S(=O)(=O)C2CCC2)c1)c1cccnc1N1CCC2(CC1)CC2. The normalized spacial score (nSPS) is 20.6. The van der Waals surface area contributed by atoms with Crippen LogP contribution in [-0.2, 0) is 9.84 Å². The van der Waals surface area contributed by atoms with Crippen molar-refractivity contribution in [3.63, 3.8) is 0 Å². The van der Waals surface area contributed by atoms with Gasteiger partial charge in [-0.3, -0.25) is 4.79 Å². The molecule has 5 rings (SSSR count). The van der Waals surface area contributed by atoms with Gasteiger partial charge in [0.25, 0.3) is 5.91 Å². The predicted molar refractivity (Wildman–Crippen MR) is 117 cm³/mol. The Kier molecular flexibility index (Phi) is 4.81. The van der Waals surface area contributed by atoms with E-state index in [2.05, 4.69) is 15.2 Å². The molecular weight excluding hydrogens is 398 g/mol. The highest BCUT2D eigenvalue weighted by atomic mass is 32.2. The Morgan fingerprint density at radius 3 is 2.50 bits per heavy atom. The second kappa shape index (κ2) is 7.38. The van der Waals surface area contributed by atoms with Crippen LogP contribution < -0.4 is 10.2 Å². The molecule has 0 unspecified atom stereocenters. The van der Waals surface area contributed by atoms with E-state index >= 15 is 0 Å². The molecule has 1 N–H and O–H groups in total. The van der Waals surface area contributed by atoms with Gasteiger partial charge in [-0.1, -0.05) is 12.5 Å². The lowest BCUT2D eigenvalue weighted by Crippen LogP contribution is -2.36. The van der Waals surface area contributed by atoms with E-state index in [0.29, 0.717) is 22.5 Å². The number of aromatic nitrogens is 1. The van der Waals surface area contributed by atoms with Crippen molar-refractivity contribution < 1.29 is 13.2 Å². The maximum atomic E-state index is 13.1. The summed E-state index contributed by atoms with van der Waals surface area (Å²) >= 11 is 0. The lowest BCUT2D eigenvalue weighted by Gasteiger charge is -2.33. The fourth-order valence-corrected chi connectivity index (χ4v) is 6.42. The molecule has 1 aromatic carbocycles. The fraction of sp³-hybridized carbons (Fsp3) is 0.478. The third-order valence-corrected chi connectivity index (χ3v) is 9.28. The first-order chi connectivity index (χ1) is 14.5. The van der Waals surface area contributed by atoms with Gasteiger partial charge in [-0.2, -0.15) is 0 Å². The van der Waals surface area contributed by atoms with Crippen molar-refractivity contribution in [3.05, 3.63) is 48.2 Å². The van der Waals surface area contributed by atoms with Gasteiger partial charge in [-0.05, 0) is 74.3 Å². The molecule has 7 heteroatoms. The molecule has 1 aromatic heterocycles. The Hall–Kier alpha value is -2.41. The quantitative estimate of drug-likeness (QED) is 0.782. The average molecular weight is 426 g/mol. The molecule has 1 spiro atoms. The highest BCUT2D eigenvalue weighted by Gasteiger charge is 2.44. The zero-order valence-corrected chi connectivity index (χ0v) is 17.8. The molecule has 2 heterocycles. The van der Waals surface area contributed by atoms with Crippen LogP contribution in [0.4, 0.5) is 11.5 Å². The first-order valence-corrected chi connectivity index (χ1v) is 12.4. The van der Waals surface area contributed by atoms with Gasteiger partial charge in [0, 0.05) is 25.0 Å². The van der Waals surface area contributed by atoms with Crippen LogP contribution in [0.1, 0.15) is 55.3 Å². The minimum absolute atomic E-state index is 0.261. The molecule has 3 fully saturated rings. The van der Waals surface area contributed by atoms with Crippen LogP contribution in [0.15, 0.2) is 47.5 Å². The predicted octanol–water partition coefficient (Wildman–Crippen LogP) is 4.04. The molecule has 2 saturated carbocycles. The molecule has 1 aliphatic heterocycles. The highest BCUT2D eigenvalue weighted by Crippen LogP contribution is 2.53. The standard InChI is InChI=1S/C23H27N3O3S/c27-22(25-17-4-1-7-19(16-17)30(28,29)18-5-2-6-18)20-8-3-13-24-21(20)26-14-11-23(9-10-23)12-15-26/h1,3-4,7-8,13,16,18H,2,5-6,9-12,14-15H2,(H,25,27). The van der Waals surface area contributed by atoms with Gasteiger partial charge < -0.3 is 10.2 Å². The summed E-state index contributed by atoms with van der Waals surface area (Å²) in [6.45, 7) is 1.85. The molecule has 0 radical (unpaired) electrons. The van der Waals surface area contributed by atoms with E-state index in [9.17, 15) is 13.2 Å². The van der Waals surface area contributed by atoms with Crippen molar-refractivity contribution in [1.29, 1.82) is 0 Å². The van der Waals surface area contributed by atoms with Crippen LogP contribution in [0.5, 0.6) is 0 Å². The van der Waals surface area contributed by atoms with Gasteiger partial charge in [0.2, 0.25) is 0 Å². The van der Waals surface area contributed by atoms with Gasteiger partial charge in [0.15, 0.2) is 9.84 Å². The van der Waals surface area contributed by atoms with Crippen molar-refractivity contribution >= 4 is 27.2 Å². The maximum absolute atomic E-state index is 13.1. The Bertz CT molecular complexity index is 1060. The minimum atomic E-state index is -3.33. The third-order valence-electron chi connectivity index (χ3n) is 7.02. The molecule has 158 valence electrons. The summed E-state index contributed by atoms with van der Waals surface area (Å²) in [4.78, 5) is 20.0. The zero-order valence-electron chi connectivity index (χ0n) is 17.0. The molecule has 1 amide bonds. The van der Waals surface area contributed by atoms with Crippen molar-refractivity contribution in [2.75, 3.05) is 23.3 Å². The van der Waals surface area contributed by atoms with Gasteiger partial charge in [-0.15, -0.1) is 0 Å². The second-order valence-corrected chi connectivity index (χ2v) is 11.2. The number of sulfone groups is 1. The Balaban J connectivity index is 1.34. The number of rotatable bonds is 5. The van der Waals surface area contributed by atoms with Gasteiger partial charge in [0.05, 0.1) is 15.7 Å². The van der Waals surface area contributed by atoms with Gasteiger partial charge >= 0.3 is 0 Å². The number of nitrogens with zero attached hydrogens (tertiary/aromatic N) is 2. The number of anilines is 2. The number of nitrogens with one attached hydrogen (secondary N) is 1. The summed E-state index contributed by atoms with van der Waals surface area (Å²) in [7, 11) is -3.33. The molecule has 6 nitrogen and oxygen atoms in total. The maximum Gasteiger partial charge on any atom is 0.259 e. The number of hydrogen-bond acceptors (Lipinski definition) is 5. The van der Waals surface area contributed by atoms with Crippen LogP contribution in [0.25, 0.3) is 0 Å². The first kappa shape index (κ1) is 19.5. The summed E-state index contributed by atoms with van der Waals surface area (Å²) in [6.07, 6.45) is 9.09. The molecule has 0 bridgehead atoms. The van der Waals surface area contributed by atoms with E-state index in [0.717, 1.165) is 45.2 Å². The van der Waals surface area contributed by atoms with Crippen LogP contribution in [0.2, 0.25) is 0 Å². The first-order valence-electron chi connectivity index (χ1n) is 10.8. The lowest BCUT2D eigenvalue weighted by atomic mass is 9.93. The highest BCUT2D eigenvalue weighted by molar-refractivity contribution is 7.92. The van der Waals surface area contributed by atoms with E-state index < -0.39 is 9.84 Å². The van der Waals surface area contributed by atoms with E-state index in [1.807, 2.05) is 0 Å². The van der Waals surface area contributed by atoms with E-state index in [4.69, 9.17) is 0 Å². The molecule has 0 atom stereocenters.